The largest absolute Gasteiger partial charge is 0.377 e. The number of benzene rings is 2. The first kappa shape index (κ1) is 20.6. The average Bonchev–Trinajstić information content (AvgIpc) is 2.54. The minimum Gasteiger partial charge on any atom is -0.377 e. The van der Waals surface area contributed by atoms with Gasteiger partial charge in [0.2, 0.25) is 5.91 Å². The number of methoxy groups -OCH3 is 1. The molecule has 1 amide bonds. The molecule has 0 fully saturated rings. The molecule has 0 bridgehead atoms. The molecule has 3 N–H and O–H groups in total. The standard InChI is InChI=1S/C18H21BrN2O2.ClH/c1-12(23-3)13-5-4-6-16(11-13)21-17(22)18(2,20)14-7-9-15(19)10-8-14;/h4-12H,20H2,1-3H3,(H,21,22);1H. The fourth-order valence-electron chi connectivity index (χ4n) is 2.19. The third-order valence-electron chi connectivity index (χ3n) is 3.88. The molecule has 0 radical (unpaired) electrons. The monoisotopic (exact) mass is 412 g/mol. The van der Waals surface area contributed by atoms with Gasteiger partial charge >= 0.3 is 0 Å². The van der Waals surface area contributed by atoms with E-state index in [1.807, 2.05) is 55.5 Å². The zero-order valence-electron chi connectivity index (χ0n) is 13.9. The van der Waals surface area contributed by atoms with Crippen LogP contribution in [0.5, 0.6) is 0 Å². The van der Waals surface area contributed by atoms with Gasteiger partial charge in [-0.1, -0.05) is 40.2 Å². The summed E-state index contributed by atoms with van der Waals surface area (Å²) < 4.78 is 6.25. The number of rotatable bonds is 5. The Kier molecular flexibility index (Phi) is 7.42. The van der Waals surface area contributed by atoms with Crippen molar-refractivity contribution in [3.05, 3.63) is 64.1 Å². The highest BCUT2D eigenvalue weighted by Crippen LogP contribution is 2.24. The van der Waals surface area contributed by atoms with Crippen LogP contribution in [-0.2, 0) is 15.1 Å². The molecule has 0 spiro atoms. The van der Waals surface area contributed by atoms with Gasteiger partial charge in [0.1, 0.15) is 5.54 Å². The lowest BCUT2D eigenvalue weighted by atomic mass is 9.92. The van der Waals surface area contributed by atoms with Gasteiger partial charge in [0.05, 0.1) is 6.10 Å². The van der Waals surface area contributed by atoms with Crippen molar-refractivity contribution in [3.8, 4) is 0 Å². The van der Waals surface area contributed by atoms with Crippen LogP contribution in [0.4, 0.5) is 5.69 Å². The number of carbonyl (C=O) groups excluding carboxylic acids is 1. The van der Waals surface area contributed by atoms with Gasteiger partial charge in [0, 0.05) is 17.3 Å². The third kappa shape index (κ3) is 4.80. The number of nitrogens with one attached hydrogen (secondary N) is 1. The summed E-state index contributed by atoms with van der Waals surface area (Å²) in [5, 5.41) is 2.88. The molecule has 0 aliphatic rings. The summed E-state index contributed by atoms with van der Waals surface area (Å²) in [7, 11) is 1.65. The highest BCUT2D eigenvalue weighted by molar-refractivity contribution is 9.10. The Morgan fingerprint density at radius 3 is 2.46 bits per heavy atom. The lowest BCUT2D eigenvalue weighted by molar-refractivity contribution is -0.120. The lowest BCUT2D eigenvalue weighted by Gasteiger charge is -2.24. The van der Waals surface area contributed by atoms with Crippen LogP contribution in [0.1, 0.15) is 31.1 Å². The maximum atomic E-state index is 12.6. The summed E-state index contributed by atoms with van der Waals surface area (Å²) in [6.07, 6.45) is -0.0393. The molecule has 2 atom stereocenters. The SMILES string of the molecule is COC(C)c1cccc(NC(=O)C(C)(N)c2ccc(Br)cc2)c1.Cl. The van der Waals surface area contributed by atoms with Gasteiger partial charge in [0.15, 0.2) is 0 Å². The van der Waals surface area contributed by atoms with Crippen molar-refractivity contribution >= 4 is 39.9 Å². The number of halogens is 2. The van der Waals surface area contributed by atoms with Crippen LogP contribution in [0.2, 0.25) is 0 Å². The summed E-state index contributed by atoms with van der Waals surface area (Å²) in [4.78, 5) is 12.6. The van der Waals surface area contributed by atoms with Gasteiger partial charge < -0.3 is 15.8 Å². The molecule has 2 aromatic rings. The summed E-state index contributed by atoms with van der Waals surface area (Å²) in [6, 6.07) is 15.0. The Bertz CT molecular complexity index is 690. The Balaban J connectivity index is 0.00000288. The van der Waals surface area contributed by atoms with E-state index in [0.29, 0.717) is 5.69 Å². The van der Waals surface area contributed by atoms with E-state index in [9.17, 15) is 4.79 Å². The number of carbonyl (C=O) groups is 1. The normalized spacial score (nSPS) is 14.2. The first-order valence-corrected chi connectivity index (χ1v) is 8.13. The van der Waals surface area contributed by atoms with Crippen LogP contribution in [0.25, 0.3) is 0 Å². The summed E-state index contributed by atoms with van der Waals surface area (Å²) in [6.45, 7) is 3.66. The molecule has 4 nitrogen and oxygen atoms in total. The summed E-state index contributed by atoms with van der Waals surface area (Å²) >= 11 is 3.38. The minimum atomic E-state index is -1.12. The Labute approximate surface area is 157 Å². The minimum absolute atomic E-state index is 0. The quantitative estimate of drug-likeness (QED) is 0.764. The Morgan fingerprint density at radius 2 is 1.88 bits per heavy atom. The van der Waals surface area contributed by atoms with Crippen molar-refractivity contribution < 1.29 is 9.53 Å². The number of hydrogen-bond acceptors (Lipinski definition) is 3. The molecular formula is C18H22BrClN2O2. The maximum Gasteiger partial charge on any atom is 0.248 e. The van der Waals surface area contributed by atoms with Gasteiger partial charge in [-0.2, -0.15) is 0 Å². The fourth-order valence-corrected chi connectivity index (χ4v) is 2.46. The molecule has 2 aromatic carbocycles. The zero-order chi connectivity index (χ0) is 17.0. The molecule has 24 heavy (non-hydrogen) atoms. The van der Waals surface area contributed by atoms with Crippen molar-refractivity contribution in [2.24, 2.45) is 5.73 Å². The second kappa shape index (κ2) is 8.62. The number of amides is 1. The first-order valence-electron chi connectivity index (χ1n) is 7.33. The van der Waals surface area contributed by atoms with Gasteiger partial charge in [0.25, 0.3) is 0 Å². The van der Waals surface area contributed by atoms with Crippen LogP contribution >= 0.6 is 28.3 Å². The fraction of sp³-hybridized carbons (Fsp3) is 0.278. The summed E-state index contributed by atoms with van der Waals surface area (Å²) in [5.74, 6) is -0.262. The molecule has 6 heteroatoms. The van der Waals surface area contributed by atoms with E-state index in [2.05, 4.69) is 21.2 Å². The number of anilines is 1. The number of nitrogens with two attached hydrogens (primary N) is 1. The smallest absolute Gasteiger partial charge is 0.248 e. The zero-order valence-corrected chi connectivity index (χ0v) is 16.3. The highest BCUT2D eigenvalue weighted by atomic mass is 79.9. The molecule has 130 valence electrons. The predicted molar refractivity (Wildman–Crippen MR) is 103 cm³/mol. The van der Waals surface area contributed by atoms with Crippen molar-refractivity contribution in [2.75, 3.05) is 12.4 Å². The molecule has 0 heterocycles. The van der Waals surface area contributed by atoms with Crippen LogP contribution in [0, 0.1) is 0 Å². The maximum absolute atomic E-state index is 12.6. The highest BCUT2D eigenvalue weighted by Gasteiger charge is 2.30. The van der Waals surface area contributed by atoms with E-state index in [-0.39, 0.29) is 24.4 Å². The van der Waals surface area contributed by atoms with E-state index in [1.54, 1.807) is 14.0 Å². The van der Waals surface area contributed by atoms with E-state index < -0.39 is 5.54 Å². The Hall–Kier alpha value is -1.40. The molecule has 0 aliphatic heterocycles. The van der Waals surface area contributed by atoms with Crippen molar-refractivity contribution in [1.82, 2.24) is 0 Å². The van der Waals surface area contributed by atoms with E-state index in [4.69, 9.17) is 10.5 Å². The Morgan fingerprint density at radius 1 is 1.25 bits per heavy atom. The number of ether oxygens (including phenoxy) is 1. The lowest BCUT2D eigenvalue weighted by Crippen LogP contribution is -2.45. The second-order valence-electron chi connectivity index (χ2n) is 5.67. The number of hydrogen-bond donors (Lipinski definition) is 2. The van der Waals surface area contributed by atoms with Crippen LogP contribution in [0.15, 0.2) is 53.0 Å². The van der Waals surface area contributed by atoms with Crippen molar-refractivity contribution in [3.63, 3.8) is 0 Å². The molecule has 2 unspecified atom stereocenters. The summed E-state index contributed by atoms with van der Waals surface area (Å²) in [5.41, 5.74) is 7.57. The van der Waals surface area contributed by atoms with Gasteiger partial charge in [-0.25, -0.2) is 0 Å². The van der Waals surface area contributed by atoms with Crippen molar-refractivity contribution in [2.45, 2.75) is 25.5 Å². The van der Waals surface area contributed by atoms with Gasteiger partial charge in [-0.05, 0) is 49.2 Å². The van der Waals surface area contributed by atoms with E-state index in [1.165, 1.54) is 0 Å². The van der Waals surface area contributed by atoms with Crippen LogP contribution < -0.4 is 11.1 Å². The van der Waals surface area contributed by atoms with E-state index >= 15 is 0 Å². The molecule has 0 aliphatic carbocycles. The van der Waals surface area contributed by atoms with Crippen molar-refractivity contribution in [1.29, 1.82) is 0 Å². The van der Waals surface area contributed by atoms with Crippen LogP contribution in [0.3, 0.4) is 0 Å². The molecule has 0 saturated carbocycles. The van der Waals surface area contributed by atoms with Crippen LogP contribution in [-0.4, -0.2) is 13.0 Å². The molecule has 0 saturated heterocycles. The van der Waals surface area contributed by atoms with Gasteiger partial charge in [-0.3, -0.25) is 4.79 Å². The average molecular weight is 414 g/mol. The predicted octanol–water partition coefficient (Wildman–Crippen LogP) is 4.39. The third-order valence-corrected chi connectivity index (χ3v) is 4.41. The second-order valence-corrected chi connectivity index (χ2v) is 6.58. The molecule has 2 rings (SSSR count). The topological polar surface area (TPSA) is 64.3 Å². The first-order chi connectivity index (χ1) is 10.8. The van der Waals surface area contributed by atoms with Gasteiger partial charge in [-0.15, -0.1) is 12.4 Å². The molecule has 0 aromatic heterocycles. The van der Waals surface area contributed by atoms with E-state index in [0.717, 1.165) is 15.6 Å². The molecular weight excluding hydrogens is 392 g/mol.